The summed E-state index contributed by atoms with van der Waals surface area (Å²) in [6.07, 6.45) is 67.7. The number of aliphatic hydroxyl groups excluding tert-OH is 2. The Morgan fingerprint density at radius 1 is 0.462 bits per heavy atom. The second-order valence-corrected chi connectivity index (χ2v) is 18.4. The maximum atomic E-state index is 13.2. The van der Waals surface area contributed by atoms with Crippen molar-refractivity contribution in [3.63, 3.8) is 0 Å². The number of ether oxygens (including phenoxy) is 1. The molecule has 0 radical (unpaired) electrons. The fourth-order valence-corrected chi connectivity index (χ4v) is 7.90. The number of esters is 1. The van der Waals surface area contributed by atoms with Crippen LogP contribution in [0.25, 0.3) is 0 Å². The zero-order valence-corrected chi connectivity index (χ0v) is 42.6. The number of rotatable bonds is 48. The molecule has 1 amide bonds. The van der Waals surface area contributed by atoms with Crippen LogP contribution in [0.1, 0.15) is 252 Å². The van der Waals surface area contributed by atoms with Crippen molar-refractivity contribution in [2.75, 3.05) is 6.61 Å². The summed E-state index contributed by atoms with van der Waals surface area (Å²) in [4.78, 5) is 26.2. The van der Waals surface area contributed by atoms with E-state index in [0.717, 1.165) is 103 Å². The first-order valence-electron chi connectivity index (χ1n) is 27.4. The first kappa shape index (κ1) is 62.0. The molecule has 0 aliphatic heterocycles. The lowest BCUT2D eigenvalue weighted by Gasteiger charge is -2.24. The van der Waals surface area contributed by atoms with Gasteiger partial charge in [0.15, 0.2) is 0 Å². The third-order valence-corrected chi connectivity index (χ3v) is 12.1. The number of aliphatic hydroxyl groups is 2. The minimum Gasteiger partial charge on any atom is -0.462 e. The van der Waals surface area contributed by atoms with Crippen molar-refractivity contribution in [2.24, 2.45) is 0 Å². The lowest BCUT2D eigenvalue weighted by atomic mass is 10.0. The Morgan fingerprint density at radius 3 is 1.40 bits per heavy atom. The molecule has 0 fully saturated rings. The molecule has 6 nitrogen and oxygen atoms in total. The van der Waals surface area contributed by atoms with E-state index in [9.17, 15) is 19.8 Å². The molecule has 65 heavy (non-hydrogen) atoms. The Kier molecular flexibility index (Phi) is 49.6. The number of amides is 1. The summed E-state index contributed by atoms with van der Waals surface area (Å²) in [7, 11) is 0. The monoisotopic (exact) mass is 906 g/mol. The van der Waals surface area contributed by atoms with E-state index >= 15 is 0 Å². The molecule has 0 heterocycles. The molecule has 0 spiro atoms. The van der Waals surface area contributed by atoms with Gasteiger partial charge in [0.2, 0.25) is 5.91 Å². The van der Waals surface area contributed by atoms with Gasteiger partial charge in [-0.05, 0) is 77.0 Å². The molecule has 6 heteroatoms. The number of allylic oxidation sites excluding steroid dienone is 14. The zero-order chi connectivity index (χ0) is 47.4. The van der Waals surface area contributed by atoms with Crippen LogP contribution in [-0.4, -0.2) is 46.9 Å². The number of carbonyl (C=O) groups is 2. The van der Waals surface area contributed by atoms with Crippen LogP contribution in [0.3, 0.4) is 0 Å². The molecule has 0 bridgehead atoms. The molecule has 3 unspecified atom stereocenters. The van der Waals surface area contributed by atoms with E-state index in [1.54, 1.807) is 0 Å². The normalized spacial score (nSPS) is 13.9. The highest BCUT2D eigenvalue weighted by molar-refractivity contribution is 5.77. The van der Waals surface area contributed by atoms with E-state index in [4.69, 9.17) is 4.74 Å². The van der Waals surface area contributed by atoms with Crippen molar-refractivity contribution in [1.29, 1.82) is 0 Å². The Hall–Kier alpha value is -2.96. The quantitative estimate of drug-likeness (QED) is 0.0245. The largest absolute Gasteiger partial charge is 0.462 e. The molecule has 374 valence electrons. The highest BCUT2D eigenvalue weighted by atomic mass is 16.5. The van der Waals surface area contributed by atoms with Crippen LogP contribution in [0.15, 0.2) is 85.1 Å². The van der Waals surface area contributed by atoms with Crippen LogP contribution in [0.4, 0.5) is 0 Å². The van der Waals surface area contributed by atoms with Crippen LogP contribution in [0.5, 0.6) is 0 Å². The summed E-state index contributed by atoms with van der Waals surface area (Å²) in [5, 5.41) is 23.8. The SMILES string of the molecule is CCC/C=C/C=C/C=C/C=C/C=C/CCCCCCCC(=O)OC(CCCCCCC/C=C\C/C=C\CCCCC)CC(=O)NC(CO)C(O)CCCCCCCCCCCCCCC. The minimum absolute atomic E-state index is 0.0539. The lowest BCUT2D eigenvalue weighted by Crippen LogP contribution is -2.46. The average Bonchev–Trinajstić information content (AvgIpc) is 3.30. The molecule has 0 saturated carbocycles. The summed E-state index contributed by atoms with van der Waals surface area (Å²) in [6, 6.07) is -0.716. The van der Waals surface area contributed by atoms with Gasteiger partial charge in [-0.3, -0.25) is 9.59 Å². The van der Waals surface area contributed by atoms with Gasteiger partial charge in [-0.2, -0.15) is 0 Å². The molecule has 0 aromatic heterocycles. The molecule has 3 atom stereocenters. The topological polar surface area (TPSA) is 95.9 Å². The van der Waals surface area contributed by atoms with Crippen LogP contribution in [0.2, 0.25) is 0 Å². The Morgan fingerprint density at radius 2 is 0.877 bits per heavy atom. The first-order valence-corrected chi connectivity index (χ1v) is 27.4. The standard InChI is InChI=1S/C59H103NO5/c1-4-7-10-13-16-19-22-25-27-28-29-31-34-37-40-43-46-49-52-59(64)65-55(50-47-44-41-38-35-33-30-26-23-20-17-14-11-8-5-2)53-58(63)60-56(54-61)57(62)51-48-45-42-39-36-32-24-21-18-15-12-9-6-3/h10,13,16-17,19-20,22,25-31,55-57,61-62H,4-9,11-12,14-15,18,21,23-24,32-54H2,1-3H3,(H,60,63)/b13-10+,19-16+,20-17-,25-22+,28-27+,30-26-,31-29+. The molecule has 0 aliphatic carbocycles. The van der Waals surface area contributed by atoms with Crippen LogP contribution < -0.4 is 5.32 Å². The summed E-state index contributed by atoms with van der Waals surface area (Å²) in [5.74, 6) is -0.517. The van der Waals surface area contributed by atoms with Crippen molar-refractivity contribution in [1.82, 2.24) is 5.32 Å². The van der Waals surface area contributed by atoms with Crippen molar-refractivity contribution in [3.8, 4) is 0 Å². The molecule has 0 rings (SSSR count). The Balaban J connectivity index is 4.67. The van der Waals surface area contributed by atoms with Gasteiger partial charge in [-0.25, -0.2) is 0 Å². The van der Waals surface area contributed by atoms with Gasteiger partial charge in [-0.15, -0.1) is 0 Å². The van der Waals surface area contributed by atoms with E-state index in [0.29, 0.717) is 19.3 Å². The van der Waals surface area contributed by atoms with Gasteiger partial charge in [-0.1, -0.05) is 247 Å². The fraction of sp³-hybridized carbons (Fsp3) is 0.729. The summed E-state index contributed by atoms with van der Waals surface area (Å²) >= 11 is 0. The highest BCUT2D eigenvalue weighted by Gasteiger charge is 2.24. The molecule has 3 N–H and O–H groups in total. The number of unbranched alkanes of at least 4 members (excludes halogenated alkanes) is 26. The van der Waals surface area contributed by atoms with Gasteiger partial charge in [0.25, 0.3) is 0 Å². The van der Waals surface area contributed by atoms with Crippen molar-refractivity contribution < 1.29 is 24.5 Å². The van der Waals surface area contributed by atoms with E-state index in [1.165, 1.54) is 103 Å². The highest BCUT2D eigenvalue weighted by Crippen LogP contribution is 2.18. The van der Waals surface area contributed by atoms with Crippen molar-refractivity contribution in [3.05, 3.63) is 85.1 Å². The number of nitrogens with one attached hydrogen (secondary N) is 1. The molecule has 0 aliphatic rings. The summed E-state index contributed by atoms with van der Waals surface area (Å²) < 4.78 is 5.94. The van der Waals surface area contributed by atoms with Crippen LogP contribution in [-0.2, 0) is 14.3 Å². The van der Waals surface area contributed by atoms with Gasteiger partial charge >= 0.3 is 5.97 Å². The van der Waals surface area contributed by atoms with Crippen molar-refractivity contribution >= 4 is 11.9 Å². The summed E-state index contributed by atoms with van der Waals surface area (Å²) in [5.41, 5.74) is 0. The van der Waals surface area contributed by atoms with E-state index in [1.807, 2.05) is 24.3 Å². The smallest absolute Gasteiger partial charge is 0.306 e. The third-order valence-electron chi connectivity index (χ3n) is 12.1. The second kappa shape index (κ2) is 52.0. The van der Waals surface area contributed by atoms with Crippen LogP contribution in [0, 0.1) is 0 Å². The minimum atomic E-state index is -0.801. The lowest BCUT2D eigenvalue weighted by molar-refractivity contribution is -0.151. The maximum Gasteiger partial charge on any atom is 0.306 e. The molecule has 0 aromatic carbocycles. The Bertz CT molecular complexity index is 1250. The maximum absolute atomic E-state index is 13.2. The predicted molar refractivity (Wildman–Crippen MR) is 282 cm³/mol. The Labute approximate surface area is 402 Å². The van der Waals surface area contributed by atoms with E-state index in [-0.39, 0.29) is 24.9 Å². The first-order chi connectivity index (χ1) is 32.0. The third kappa shape index (κ3) is 47.3. The van der Waals surface area contributed by atoms with Gasteiger partial charge in [0.1, 0.15) is 6.10 Å². The molecular formula is C59H103NO5. The van der Waals surface area contributed by atoms with Gasteiger partial charge < -0.3 is 20.3 Å². The molecule has 0 saturated heterocycles. The second-order valence-electron chi connectivity index (χ2n) is 18.4. The molecular weight excluding hydrogens is 803 g/mol. The van der Waals surface area contributed by atoms with Gasteiger partial charge in [0.05, 0.1) is 25.2 Å². The predicted octanol–water partition coefficient (Wildman–Crippen LogP) is 16.7. The fourth-order valence-electron chi connectivity index (χ4n) is 7.90. The zero-order valence-electron chi connectivity index (χ0n) is 42.6. The number of carbonyl (C=O) groups excluding carboxylic acids is 2. The van der Waals surface area contributed by atoms with E-state index < -0.39 is 18.2 Å². The average molecular weight is 906 g/mol. The van der Waals surface area contributed by atoms with Crippen LogP contribution >= 0.6 is 0 Å². The number of hydrogen-bond donors (Lipinski definition) is 3. The summed E-state index contributed by atoms with van der Waals surface area (Å²) in [6.45, 7) is 6.37. The van der Waals surface area contributed by atoms with Gasteiger partial charge in [0, 0.05) is 6.42 Å². The van der Waals surface area contributed by atoms with Crippen molar-refractivity contribution in [2.45, 2.75) is 270 Å². The molecule has 0 aromatic rings. The van der Waals surface area contributed by atoms with E-state index in [2.05, 4.69) is 86.8 Å². The number of hydrogen-bond acceptors (Lipinski definition) is 5.